The third-order valence-electron chi connectivity index (χ3n) is 5.09. The van der Waals surface area contributed by atoms with Crippen molar-refractivity contribution in [2.45, 2.75) is 39.2 Å². The maximum atomic E-state index is 14.5. The molecule has 0 saturated carbocycles. The molecule has 172 valence electrons. The average molecular weight is 453 g/mol. The minimum absolute atomic E-state index is 0.188. The summed E-state index contributed by atoms with van der Waals surface area (Å²) in [6, 6.07) is 4.68. The summed E-state index contributed by atoms with van der Waals surface area (Å²) in [4.78, 5) is 18.1. The van der Waals surface area contributed by atoms with Gasteiger partial charge in [-0.3, -0.25) is 4.98 Å². The van der Waals surface area contributed by atoms with E-state index in [-0.39, 0.29) is 23.6 Å². The van der Waals surface area contributed by atoms with Crippen molar-refractivity contribution in [3.05, 3.63) is 59.2 Å². The molecule has 0 spiro atoms. The Kier molecular flexibility index (Phi) is 7.02. The number of ether oxygens (including phenoxy) is 1. The number of pyridine rings is 1. The first-order valence-corrected chi connectivity index (χ1v) is 10.0. The summed E-state index contributed by atoms with van der Waals surface area (Å²) in [5.74, 6) is -0.871. The number of aliphatic hydroxyl groups excluding tert-OH is 1. The van der Waals surface area contributed by atoms with Crippen LogP contribution in [0.1, 0.15) is 42.7 Å². The number of halogens is 4. The molecule has 32 heavy (non-hydrogen) atoms. The van der Waals surface area contributed by atoms with Gasteiger partial charge in [-0.1, -0.05) is 13.0 Å². The minimum atomic E-state index is -4.79. The third kappa shape index (κ3) is 5.76. The van der Waals surface area contributed by atoms with Crippen LogP contribution in [-0.4, -0.2) is 40.5 Å². The van der Waals surface area contributed by atoms with Gasteiger partial charge in [0.05, 0.1) is 6.10 Å². The van der Waals surface area contributed by atoms with Crippen LogP contribution >= 0.6 is 0 Å². The second-order valence-corrected chi connectivity index (χ2v) is 7.41. The lowest BCUT2D eigenvalue weighted by atomic mass is 10.0. The average Bonchev–Trinajstić information content (AvgIpc) is 2.74. The van der Waals surface area contributed by atoms with Crippen molar-refractivity contribution in [2.75, 3.05) is 18.4 Å². The number of rotatable bonds is 5. The molecule has 2 amide bonds. The van der Waals surface area contributed by atoms with Gasteiger partial charge in [-0.2, -0.15) is 0 Å². The molecule has 1 aliphatic rings. The Bertz CT molecular complexity index is 1020. The van der Waals surface area contributed by atoms with Crippen molar-refractivity contribution in [3.8, 4) is 5.75 Å². The van der Waals surface area contributed by atoms with E-state index >= 15 is 0 Å². The first kappa shape index (κ1) is 23.5. The van der Waals surface area contributed by atoms with Crippen molar-refractivity contribution in [1.82, 2.24) is 9.88 Å². The zero-order chi connectivity index (χ0) is 23.5. The zero-order valence-corrected chi connectivity index (χ0v) is 17.5. The van der Waals surface area contributed by atoms with Gasteiger partial charge < -0.3 is 20.1 Å². The molecule has 0 unspecified atom stereocenters. The normalized spacial score (nSPS) is 15.2. The van der Waals surface area contributed by atoms with Gasteiger partial charge in [-0.15, -0.1) is 13.2 Å². The lowest BCUT2D eigenvalue weighted by molar-refractivity contribution is -0.274. The molecule has 0 fully saturated rings. The summed E-state index contributed by atoms with van der Waals surface area (Å²) in [7, 11) is 0. The van der Waals surface area contributed by atoms with Gasteiger partial charge in [-0.25, -0.2) is 9.18 Å². The van der Waals surface area contributed by atoms with Crippen LogP contribution in [0.2, 0.25) is 0 Å². The molecule has 3 rings (SSSR count). The second-order valence-electron chi connectivity index (χ2n) is 7.41. The molecular formula is C22H23F4N3O3. The number of amides is 2. The van der Waals surface area contributed by atoms with Crippen LogP contribution in [0.25, 0.3) is 5.57 Å². The highest BCUT2D eigenvalue weighted by atomic mass is 19.4. The molecule has 2 N–H and O–H groups in total. The number of nitrogens with zero attached hydrogens (tertiary/aromatic N) is 2. The summed E-state index contributed by atoms with van der Waals surface area (Å²) >= 11 is 0. The highest BCUT2D eigenvalue weighted by Gasteiger charge is 2.31. The lowest BCUT2D eigenvalue weighted by Crippen LogP contribution is -2.38. The Balaban J connectivity index is 1.63. The number of aliphatic hydroxyl groups is 1. The van der Waals surface area contributed by atoms with E-state index in [1.54, 1.807) is 13.0 Å². The molecule has 1 aromatic heterocycles. The van der Waals surface area contributed by atoms with Crippen molar-refractivity contribution in [1.29, 1.82) is 0 Å². The number of hydrogen-bond donors (Lipinski definition) is 2. The standard InChI is InChI=1S/C22H23F4N3O3/c1-3-18(30)15-11-17(23)20(27-12-15)14-6-8-29(9-7-14)21(31)28-16-4-5-19(13(2)10-16)32-22(24,25)26/h4-6,10-12,18,30H,3,7-9H2,1-2H3,(H,28,31)/t18-/m1/s1. The number of aromatic nitrogens is 1. The number of anilines is 1. The number of benzene rings is 1. The van der Waals surface area contributed by atoms with Crippen molar-refractivity contribution >= 4 is 17.3 Å². The summed E-state index contributed by atoms with van der Waals surface area (Å²) in [5.41, 5.74) is 1.81. The minimum Gasteiger partial charge on any atom is -0.406 e. The Morgan fingerprint density at radius 2 is 2.09 bits per heavy atom. The van der Waals surface area contributed by atoms with Crippen molar-refractivity contribution < 1.29 is 32.2 Å². The van der Waals surface area contributed by atoms with E-state index in [4.69, 9.17) is 0 Å². The topological polar surface area (TPSA) is 74.7 Å². The summed E-state index contributed by atoms with van der Waals surface area (Å²) < 4.78 is 55.5. The van der Waals surface area contributed by atoms with Crippen molar-refractivity contribution in [3.63, 3.8) is 0 Å². The zero-order valence-electron chi connectivity index (χ0n) is 17.5. The molecule has 1 aromatic carbocycles. The number of nitrogens with one attached hydrogen (secondary N) is 1. The van der Waals surface area contributed by atoms with Gasteiger partial charge in [0.1, 0.15) is 17.3 Å². The molecule has 10 heteroatoms. The van der Waals surface area contributed by atoms with Crippen LogP contribution < -0.4 is 10.1 Å². The lowest BCUT2D eigenvalue weighted by Gasteiger charge is -2.27. The van der Waals surface area contributed by atoms with Crippen LogP contribution in [0.5, 0.6) is 5.75 Å². The summed E-state index contributed by atoms with van der Waals surface area (Å²) in [5, 5.41) is 12.5. The van der Waals surface area contributed by atoms with E-state index in [1.165, 1.54) is 36.2 Å². The molecule has 0 saturated heterocycles. The molecule has 1 atom stereocenters. The van der Waals surface area contributed by atoms with Gasteiger partial charge in [0.15, 0.2) is 0 Å². The Labute approximate surface area is 182 Å². The van der Waals surface area contributed by atoms with Crippen LogP contribution in [0, 0.1) is 12.7 Å². The van der Waals surface area contributed by atoms with E-state index < -0.39 is 24.3 Å². The number of hydrogen-bond acceptors (Lipinski definition) is 4. The first-order valence-electron chi connectivity index (χ1n) is 10.0. The van der Waals surface area contributed by atoms with Gasteiger partial charge in [0.2, 0.25) is 0 Å². The molecule has 0 aliphatic carbocycles. The monoisotopic (exact) mass is 453 g/mol. The van der Waals surface area contributed by atoms with Gasteiger partial charge >= 0.3 is 12.4 Å². The maximum Gasteiger partial charge on any atom is 0.573 e. The van der Waals surface area contributed by atoms with E-state index in [1.807, 2.05) is 0 Å². The Morgan fingerprint density at radius 1 is 1.34 bits per heavy atom. The quantitative estimate of drug-likeness (QED) is 0.611. The molecule has 6 nitrogen and oxygen atoms in total. The predicted octanol–water partition coefficient (Wildman–Crippen LogP) is 5.19. The smallest absolute Gasteiger partial charge is 0.406 e. The molecular weight excluding hydrogens is 430 g/mol. The van der Waals surface area contributed by atoms with Crippen molar-refractivity contribution in [2.24, 2.45) is 0 Å². The largest absolute Gasteiger partial charge is 0.573 e. The van der Waals surface area contributed by atoms with Crippen LogP contribution in [0.4, 0.5) is 28.0 Å². The van der Waals surface area contributed by atoms with E-state index in [0.29, 0.717) is 36.2 Å². The van der Waals surface area contributed by atoms with Crippen LogP contribution in [0.15, 0.2) is 36.5 Å². The van der Waals surface area contributed by atoms with Gasteiger partial charge in [0.25, 0.3) is 0 Å². The van der Waals surface area contributed by atoms with Gasteiger partial charge in [-0.05, 0) is 55.2 Å². The molecule has 0 bridgehead atoms. The highest BCUT2D eigenvalue weighted by Crippen LogP contribution is 2.29. The second kappa shape index (κ2) is 9.56. The first-order chi connectivity index (χ1) is 15.1. The molecule has 0 radical (unpaired) electrons. The molecule has 2 heterocycles. The van der Waals surface area contributed by atoms with E-state index in [9.17, 15) is 27.5 Å². The predicted molar refractivity (Wildman–Crippen MR) is 110 cm³/mol. The third-order valence-corrected chi connectivity index (χ3v) is 5.09. The number of alkyl halides is 3. The fourth-order valence-electron chi connectivity index (χ4n) is 3.34. The fraction of sp³-hybridized carbons (Fsp3) is 0.364. The SMILES string of the molecule is CC[C@@H](O)c1cnc(C2=CCN(C(=O)Nc3ccc(OC(F)(F)F)c(C)c3)CC2)c(F)c1. The maximum absolute atomic E-state index is 14.5. The van der Waals surface area contributed by atoms with E-state index in [2.05, 4.69) is 15.0 Å². The highest BCUT2D eigenvalue weighted by molar-refractivity contribution is 5.90. The Morgan fingerprint density at radius 3 is 2.66 bits per heavy atom. The fourth-order valence-corrected chi connectivity index (χ4v) is 3.34. The number of urea groups is 1. The summed E-state index contributed by atoms with van der Waals surface area (Å²) in [6.45, 7) is 3.76. The number of carbonyl (C=O) groups excluding carboxylic acids is 1. The molecule has 1 aliphatic heterocycles. The summed E-state index contributed by atoms with van der Waals surface area (Å²) in [6.07, 6.45) is -1.59. The number of carbonyl (C=O) groups is 1. The molecule has 2 aromatic rings. The van der Waals surface area contributed by atoms with Gasteiger partial charge in [0, 0.05) is 30.5 Å². The van der Waals surface area contributed by atoms with Crippen LogP contribution in [0.3, 0.4) is 0 Å². The number of aryl methyl sites for hydroxylation is 1. The van der Waals surface area contributed by atoms with E-state index in [0.717, 1.165) is 6.07 Å². The van der Waals surface area contributed by atoms with Crippen LogP contribution in [-0.2, 0) is 0 Å². The Hall–Kier alpha value is -3.14.